The van der Waals surface area contributed by atoms with Gasteiger partial charge in [-0.25, -0.2) is 0 Å². The van der Waals surface area contributed by atoms with Gasteiger partial charge in [0.05, 0.1) is 14.2 Å². The topological polar surface area (TPSA) is 57.2 Å². The Labute approximate surface area is 178 Å². The van der Waals surface area contributed by atoms with E-state index in [0.29, 0.717) is 30.1 Å². The van der Waals surface area contributed by atoms with Crippen molar-refractivity contribution in [2.45, 2.75) is 32.1 Å². The molecule has 0 fully saturated rings. The smallest absolute Gasteiger partial charge is 0.231 e. The summed E-state index contributed by atoms with van der Waals surface area (Å²) >= 11 is 0. The molecular formula is C24H31NO5. The van der Waals surface area contributed by atoms with Gasteiger partial charge in [0.25, 0.3) is 0 Å². The summed E-state index contributed by atoms with van der Waals surface area (Å²) < 4.78 is 22.4. The molecule has 0 N–H and O–H groups in total. The standard InChI is InChI=1S/C24H31NO5/c1-16(12-19(26)13-17-8-6-7-9-20(17)27-4)22-18(10-11-25(2)3)14-21-23(24(22)28-5)30-15-29-21/h6-9,14,16H,10-13,15H2,1-5H3. The lowest BCUT2D eigenvalue weighted by Gasteiger charge is -2.22. The predicted octanol–water partition coefficient (Wildman–Crippen LogP) is 3.84. The first kappa shape index (κ1) is 22.0. The fraction of sp³-hybridized carbons (Fsp3) is 0.458. The third-order valence-corrected chi connectivity index (χ3v) is 5.38. The van der Waals surface area contributed by atoms with Crippen molar-refractivity contribution >= 4 is 5.78 Å². The van der Waals surface area contributed by atoms with Gasteiger partial charge in [-0.15, -0.1) is 0 Å². The first-order valence-electron chi connectivity index (χ1n) is 10.2. The fourth-order valence-electron chi connectivity index (χ4n) is 3.95. The van der Waals surface area contributed by atoms with Crippen LogP contribution >= 0.6 is 0 Å². The summed E-state index contributed by atoms with van der Waals surface area (Å²) in [5, 5.41) is 0. The number of ketones is 1. The Hall–Kier alpha value is -2.73. The van der Waals surface area contributed by atoms with Gasteiger partial charge in [0.15, 0.2) is 11.5 Å². The number of methoxy groups -OCH3 is 2. The molecule has 1 aliphatic rings. The zero-order valence-electron chi connectivity index (χ0n) is 18.5. The average molecular weight is 414 g/mol. The van der Waals surface area contributed by atoms with Gasteiger partial charge in [0, 0.05) is 30.5 Å². The molecule has 0 aromatic heterocycles. The van der Waals surface area contributed by atoms with Gasteiger partial charge >= 0.3 is 0 Å². The lowest BCUT2D eigenvalue weighted by molar-refractivity contribution is -0.118. The molecule has 1 aliphatic heterocycles. The average Bonchev–Trinajstić information content (AvgIpc) is 3.19. The molecular weight excluding hydrogens is 382 g/mol. The number of fused-ring (bicyclic) bond motifs is 1. The molecule has 2 aromatic rings. The summed E-state index contributed by atoms with van der Waals surface area (Å²) in [6.07, 6.45) is 1.58. The number of carbonyl (C=O) groups is 1. The van der Waals surface area contributed by atoms with E-state index in [0.717, 1.165) is 35.4 Å². The van der Waals surface area contributed by atoms with Gasteiger partial charge in [-0.3, -0.25) is 4.79 Å². The Kier molecular flexibility index (Phi) is 7.21. The number of hydrogen-bond donors (Lipinski definition) is 0. The van der Waals surface area contributed by atoms with Gasteiger partial charge in [-0.1, -0.05) is 25.1 Å². The molecule has 0 amide bonds. The highest BCUT2D eigenvalue weighted by Gasteiger charge is 2.28. The molecule has 3 rings (SSSR count). The Morgan fingerprint density at radius 1 is 1.13 bits per heavy atom. The second kappa shape index (κ2) is 9.85. The summed E-state index contributed by atoms with van der Waals surface area (Å²) in [6, 6.07) is 9.68. The monoisotopic (exact) mass is 413 g/mol. The first-order chi connectivity index (χ1) is 14.4. The summed E-state index contributed by atoms with van der Waals surface area (Å²) in [5.74, 6) is 2.89. The van der Waals surface area contributed by atoms with E-state index in [9.17, 15) is 4.79 Å². The Balaban J connectivity index is 1.86. The van der Waals surface area contributed by atoms with Crippen LogP contribution in [0.15, 0.2) is 30.3 Å². The van der Waals surface area contributed by atoms with E-state index >= 15 is 0 Å². The van der Waals surface area contributed by atoms with Crippen LogP contribution in [0.4, 0.5) is 0 Å². The predicted molar refractivity (Wildman–Crippen MR) is 116 cm³/mol. The quantitative estimate of drug-likeness (QED) is 0.590. The normalized spacial score (nSPS) is 13.4. The van der Waals surface area contributed by atoms with Crippen molar-refractivity contribution in [3.05, 3.63) is 47.0 Å². The van der Waals surface area contributed by atoms with Crippen molar-refractivity contribution in [3.63, 3.8) is 0 Å². The largest absolute Gasteiger partial charge is 0.496 e. The third kappa shape index (κ3) is 4.87. The maximum atomic E-state index is 12.9. The lowest BCUT2D eigenvalue weighted by atomic mass is 9.87. The minimum absolute atomic E-state index is 0.0196. The summed E-state index contributed by atoms with van der Waals surface area (Å²) in [5.41, 5.74) is 3.06. The molecule has 162 valence electrons. The molecule has 6 heteroatoms. The lowest BCUT2D eigenvalue weighted by Crippen LogP contribution is -2.17. The zero-order valence-corrected chi connectivity index (χ0v) is 18.5. The number of ether oxygens (including phenoxy) is 4. The van der Waals surface area contributed by atoms with Gasteiger partial charge in [0.1, 0.15) is 11.5 Å². The minimum atomic E-state index is -0.0196. The van der Waals surface area contributed by atoms with Gasteiger partial charge in [-0.2, -0.15) is 0 Å². The van der Waals surface area contributed by atoms with Crippen LogP contribution in [-0.4, -0.2) is 52.3 Å². The number of para-hydroxylation sites is 1. The van der Waals surface area contributed by atoms with E-state index in [1.54, 1.807) is 14.2 Å². The summed E-state index contributed by atoms with van der Waals surface area (Å²) in [7, 11) is 7.36. The fourth-order valence-corrected chi connectivity index (χ4v) is 3.95. The Morgan fingerprint density at radius 3 is 2.60 bits per heavy atom. The van der Waals surface area contributed by atoms with Crippen molar-refractivity contribution in [1.82, 2.24) is 4.90 Å². The van der Waals surface area contributed by atoms with Crippen molar-refractivity contribution in [2.75, 3.05) is 41.7 Å². The van der Waals surface area contributed by atoms with E-state index in [1.807, 2.05) is 44.4 Å². The molecule has 6 nitrogen and oxygen atoms in total. The van der Waals surface area contributed by atoms with Crippen molar-refractivity contribution < 1.29 is 23.7 Å². The van der Waals surface area contributed by atoms with E-state index in [2.05, 4.69) is 11.8 Å². The maximum Gasteiger partial charge on any atom is 0.231 e. The van der Waals surface area contributed by atoms with Gasteiger partial charge in [-0.05, 0) is 44.1 Å². The van der Waals surface area contributed by atoms with E-state index in [4.69, 9.17) is 18.9 Å². The first-order valence-corrected chi connectivity index (χ1v) is 10.2. The second-order valence-electron chi connectivity index (χ2n) is 7.90. The maximum absolute atomic E-state index is 12.9. The van der Waals surface area contributed by atoms with E-state index < -0.39 is 0 Å². The number of Topliss-reactive ketones (excluding diaryl/α,β-unsaturated/α-hetero) is 1. The Morgan fingerprint density at radius 2 is 1.90 bits per heavy atom. The Bertz CT molecular complexity index is 893. The molecule has 0 radical (unpaired) electrons. The molecule has 0 bridgehead atoms. The molecule has 0 saturated heterocycles. The molecule has 1 atom stereocenters. The summed E-state index contributed by atoms with van der Waals surface area (Å²) in [4.78, 5) is 15.1. The van der Waals surface area contributed by atoms with Gasteiger partial charge < -0.3 is 23.8 Å². The van der Waals surface area contributed by atoms with Crippen LogP contribution in [0.2, 0.25) is 0 Å². The van der Waals surface area contributed by atoms with Crippen molar-refractivity contribution in [1.29, 1.82) is 0 Å². The van der Waals surface area contributed by atoms with Gasteiger partial charge in [0.2, 0.25) is 12.5 Å². The van der Waals surface area contributed by atoms with Crippen molar-refractivity contribution in [3.8, 4) is 23.0 Å². The number of likely N-dealkylation sites (N-methyl/N-ethyl adjacent to an activating group) is 1. The minimum Gasteiger partial charge on any atom is -0.496 e. The van der Waals surface area contributed by atoms with Crippen LogP contribution in [-0.2, 0) is 17.6 Å². The number of benzene rings is 2. The van der Waals surface area contributed by atoms with Crippen LogP contribution in [0.5, 0.6) is 23.0 Å². The molecule has 1 heterocycles. The molecule has 30 heavy (non-hydrogen) atoms. The molecule has 2 aromatic carbocycles. The second-order valence-corrected chi connectivity index (χ2v) is 7.90. The van der Waals surface area contributed by atoms with Crippen LogP contribution in [0.25, 0.3) is 0 Å². The number of hydrogen-bond acceptors (Lipinski definition) is 6. The van der Waals surface area contributed by atoms with Crippen LogP contribution < -0.4 is 18.9 Å². The highest BCUT2D eigenvalue weighted by molar-refractivity contribution is 5.82. The molecule has 0 spiro atoms. The zero-order chi connectivity index (χ0) is 21.7. The summed E-state index contributed by atoms with van der Waals surface area (Å²) in [6.45, 7) is 3.14. The van der Waals surface area contributed by atoms with Crippen LogP contribution in [0.1, 0.15) is 36.0 Å². The SMILES string of the molecule is COc1ccccc1CC(=O)CC(C)c1c(CCN(C)C)cc2c(c1OC)OCO2. The third-order valence-electron chi connectivity index (χ3n) is 5.38. The van der Waals surface area contributed by atoms with E-state index in [1.165, 1.54) is 0 Å². The molecule has 0 aliphatic carbocycles. The number of carbonyl (C=O) groups excluding carboxylic acids is 1. The number of rotatable bonds is 10. The highest BCUT2D eigenvalue weighted by Crippen LogP contribution is 2.48. The van der Waals surface area contributed by atoms with Crippen LogP contribution in [0, 0.1) is 0 Å². The molecule has 1 unspecified atom stereocenters. The van der Waals surface area contributed by atoms with Crippen molar-refractivity contribution in [2.24, 2.45) is 0 Å². The molecule has 0 saturated carbocycles. The van der Waals surface area contributed by atoms with Crippen LogP contribution in [0.3, 0.4) is 0 Å². The highest BCUT2D eigenvalue weighted by atomic mass is 16.7. The number of nitrogens with zero attached hydrogens (tertiary/aromatic N) is 1. The van der Waals surface area contributed by atoms with E-state index in [-0.39, 0.29) is 18.5 Å².